The van der Waals surface area contributed by atoms with Crippen LogP contribution in [0.2, 0.25) is 0 Å². The van der Waals surface area contributed by atoms with Gasteiger partial charge in [-0.3, -0.25) is 4.79 Å². The zero-order valence-electron chi connectivity index (χ0n) is 8.79. The van der Waals surface area contributed by atoms with E-state index in [0.29, 0.717) is 0 Å². The van der Waals surface area contributed by atoms with Gasteiger partial charge >= 0.3 is 0 Å². The molecule has 7 heteroatoms. The number of anilines is 1. The number of nitrogens with zero attached hydrogens (tertiary/aromatic N) is 4. The highest BCUT2D eigenvalue weighted by molar-refractivity contribution is 5.75. The topological polar surface area (TPSA) is 97.3 Å². The van der Waals surface area contributed by atoms with E-state index in [1.54, 1.807) is 14.0 Å². The van der Waals surface area contributed by atoms with Crippen molar-refractivity contribution in [2.45, 2.75) is 19.5 Å². The van der Waals surface area contributed by atoms with Gasteiger partial charge in [0.2, 0.25) is 11.9 Å². The maximum absolute atomic E-state index is 11.6. The van der Waals surface area contributed by atoms with Gasteiger partial charge in [-0.1, -0.05) is 0 Å². The maximum Gasteiger partial charge on any atom is 0.244 e. The van der Waals surface area contributed by atoms with Gasteiger partial charge in [0.05, 0.1) is 12.6 Å². The number of aliphatic hydroxyl groups excluding tert-OH is 1. The number of aliphatic hydroxyl groups is 1. The number of likely N-dealkylation sites (N-methyl/N-ethyl adjacent to an activating group) is 1. The van der Waals surface area contributed by atoms with Gasteiger partial charge in [0.25, 0.3) is 0 Å². The van der Waals surface area contributed by atoms with Crippen LogP contribution < -0.4 is 5.73 Å². The zero-order valence-corrected chi connectivity index (χ0v) is 8.79. The van der Waals surface area contributed by atoms with Crippen molar-refractivity contribution in [1.29, 1.82) is 0 Å². The zero-order chi connectivity index (χ0) is 11.4. The number of nitrogens with two attached hydrogens (primary N) is 1. The summed E-state index contributed by atoms with van der Waals surface area (Å²) in [7, 11) is 1.63. The summed E-state index contributed by atoms with van der Waals surface area (Å²) in [6.45, 7) is 1.76. The van der Waals surface area contributed by atoms with Crippen molar-refractivity contribution in [3.8, 4) is 0 Å². The van der Waals surface area contributed by atoms with E-state index in [-0.39, 0.29) is 31.0 Å². The van der Waals surface area contributed by atoms with Crippen molar-refractivity contribution >= 4 is 11.9 Å². The minimum absolute atomic E-state index is 0.0677. The van der Waals surface area contributed by atoms with Crippen molar-refractivity contribution in [3.05, 3.63) is 6.33 Å². The highest BCUT2D eigenvalue weighted by Gasteiger charge is 2.15. The summed E-state index contributed by atoms with van der Waals surface area (Å²) < 4.78 is 1.36. The molecule has 0 aromatic carbocycles. The number of carbonyl (C=O) groups excluding carboxylic acids is 1. The molecule has 0 saturated carbocycles. The summed E-state index contributed by atoms with van der Waals surface area (Å²) >= 11 is 0. The van der Waals surface area contributed by atoms with Crippen LogP contribution in [0.1, 0.15) is 6.92 Å². The van der Waals surface area contributed by atoms with Gasteiger partial charge in [-0.05, 0) is 6.92 Å². The predicted molar refractivity (Wildman–Crippen MR) is 53.8 cm³/mol. The lowest BCUT2D eigenvalue weighted by Gasteiger charge is -2.22. The first-order valence-electron chi connectivity index (χ1n) is 4.56. The molecule has 3 N–H and O–H groups in total. The molecule has 0 aliphatic rings. The molecule has 1 rings (SSSR count). The first-order valence-corrected chi connectivity index (χ1v) is 4.56. The Kier molecular flexibility index (Phi) is 3.62. The SMILES string of the molecule is CC(CO)N(C)C(=O)Cn1cnc(N)n1. The molecule has 84 valence electrons. The highest BCUT2D eigenvalue weighted by Crippen LogP contribution is 1.98. The fraction of sp³-hybridized carbons (Fsp3) is 0.625. The van der Waals surface area contributed by atoms with E-state index >= 15 is 0 Å². The third-order valence-electron chi connectivity index (χ3n) is 2.17. The second-order valence-corrected chi connectivity index (χ2v) is 3.34. The molecule has 1 unspecified atom stereocenters. The molecule has 0 radical (unpaired) electrons. The molecule has 0 aliphatic carbocycles. The molecule has 1 aromatic heterocycles. The molecule has 1 aromatic rings. The van der Waals surface area contributed by atoms with Crippen molar-refractivity contribution < 1.29 is 9.90 Å². The number of nitrogen functional groups attached to an aromatic ring is 1. The summed E-state index contributed by atoms with van der Waals surface area (Å²) in [4.78, 5) is 16.8. The Hall–Kier alpha value is -1.63. The van der Waals surface area contributed by atoms with Crippen molar-refractivity contribution in [2.24, 2.45) is 0 Å². The standard InChI is InChI=1S/C8H15N5O2/c1-6(4-14)12(2)7(15)3-13-5-10-8(9)11-13/h5-6,14H,3-4H2,1-2H3,(H2,9,11). The minimum Gasteiger partial charge on any atom is -0.394 e. The normalized spacial score (nSPS) is 12.5. The van der Waals surface area contributed by atoms with Crippen LogP contribution in [-0.2, 0) is 11.3 Å². The van der Waals surface area contributed by atoms with Crippen LogP contribution in [0.5, 0.6) is 0 Å². The van der Waals surface area contributed by atoms with E-state index in [0.717, 1.165) is 0 Å². The molecule has 1 amide bonds. The number of carbonyl (C=O) groups is 1. The van der Waals surface area contributed by atoms with Gasteiger partial charge < -0.3 is 15.7 Å². The minimum atomic E-state index is -0.210. The smallest absolute Gasteiger partial charge is 0.244 e. The predicted octanol–water partition coefficient (Wildman–Crippen LogP) is -1.30. The molecule has 0 saturated heterocycles. The second-order valence-electron chi connectivity index (χ2n) is 3.34. The Morgan fingerprint density at radius 3 is 2.93 bits per heavy atom. The monoisotopic (exact) mass is 213 g/mol. The molecule has 1 atom stereocenters. The average Bonchev–Trinajstić information content (AvgIpc) is 2.61. The van der Waals surface area contributed by atoms with E-state index in [9.17, 15) is 4.79 Å². The van der Waals surface area contributed by atoms with Gasteiger partial charge in [0.15, 0.2) is 0 Å². The number of hydrogen-bond donors (Lipinski definition) is 2. The lowest BCUT2D eigenvalue weighted by molar-refractivity contribution is -0.133. The second kappa shape index (κ2) is 4.74. The average molecular weight is 213 g/mol. The number of aromatic nitrogens is 3. The van der Waals surface area contributed by atoms with Gasteiger partial charge in [0.1, 0.15) is 12.9 Å². The quantitative estimate of drug-likeness (QED) is 0.648. The molecular weight excluding hydrogens is 198 g/mol. The van der Waals surface area contributed by atoms with E-state index < -0.39 is 0 Å². The van der Waals surface area contributed by atoms with Gasteiger partial charge in [0, 0.05) is 7.05 Å². The van der Waals surface area contributed by atoms with Crippen molar-refractivity contribution in [1.82, 2.24) is 19.7 Å². The molecule has 7 nitrogen and oxygen atoms in total. The van der Waals surface area contributed by atoms with E-state index in [4.69, 9.17) is 10.8 Å². The first-order chi connectivity index (χ1) is 7.04. The van der Waals surface area contributed by atoms with E-state index in [2.05, 4.69) is 10.1 Å². The summed E-state index contributed by atoms with van der Waals surface area (Å²) in [5.41, 5.74) is 5.31. The van der Waals surface area contributed by atoms with Gasteiger partial charge in [-0.2, -0.15) is 0 Å². The first kappa shape index (κ1) is 11.4. The summed E-state index contributed by atoms with van der Waals surface area (Å²) in [5, 5.41) is 12.7. The summed E-state index contributed by atoms with van der Waals surface area (Å²) in [5.74, 6) is -0.0119. The Morgan fingerprint density at radius 1 is 1.80 bits per heavy atom. The Labute approximate surface area is 87.5 Å². The number of rotatable bonds is 4. The maximum atomic E-state index is 11.6. The van der Waals surface area contributed by atoms with Crippen LogP contribution in [0, 0.1) is 0 Å². The fourth-order valence-corrected chi connectivity index (χ4v) is 1.00. The molecule has 0 aliphatic heterocycles. The lowest BCUT2D eigenvalue weighted by atomic mass is 10.3. The third kappa shape index (κ3) is 2.91. The van der Waals surface area contributed by atoms with Crippen molar-refractivity contribution in [2.75, 3.05) is 19.4 Å². The fourth-order valence-electron chi connectivity index (χ4n) is 1.00. The van der Waals surface area contributed by atoms with Crippen LogP contribution in [0.3, 0.4) is 0 Å². The van der Waals surface area contributed by atoms with Crippen LogP contribution in [0.4, 0.5) is 5.95 Å². The van der Waals surface area contributed by atoms with Crippen LogP contribution in [0.15, 0.2) is 6.33 Å². The molecule has 15 heavy (non-hydrogen) atoms. The lowest BCUT2D eigenvalue weighted by Crippen LogP contribution is -2.39. The van der Waals surface area contributed by atoms with Crippen LogP contribution in [-0.4, -0.2) is 50.4 Å². The summed E-state index contributed by atoms with van der Waals surface area (Å²) in [6, 6.07) is -0.210. The van der Waals surface area contributed by atoms with Gasteiger partial charge in [-0.15, -0.1) is 5.10 Å². The Morgan fingerprint density at radius 2 is 2.47 bits per heavy atom. The molecule has 0 spiro atoms. The van der Waals surface area contributed by atoms with E-state index in [1.165, 1.54) is 15.9 Å². The number of hydrogen-bond acceptors (Lipinski definition) is 5. The molecule has 0 fully saturated rings. The molecule has 0 bridgehead atoms. The molecule has 1 heterocycles. The Bertz CT molecular complexity index is 338. The van der Waals surface area contributed by atoms with Crippen LogP contribution in [0.25, 0.3) is 0 Å². The van der Waals surface area contributed by atoms with Crippen LogP contribution >= 0.6 is 0 Å². The Balaban J connectivity index is 2.55. The van der Waals surface area contributed by atoms with Gasteiger partial charge in [-0.25, -0.2) is 9.67 Å². The highest BCUT2D eigenvalue weighted by atomic mass is 16.3. The third-order valence-corrected chi connectivity index (χ3v) is 2.17. The van der Waals surface area contributed by atoms with Crippen molar-refractivity contribution in [3.63, 3.8) is 0 Å². The van der Waals surface area contributed by atoms with E-state index in [1.807, 2.05) is 0 Å². The number of amides is 1. The summed E-state index contributed by atoms with van der Waals surface area (Å²) in [6.07, 6.45) is 1.39. The molecular formula is C8H15N5O2. The largest absolute Gasteiger partial charge is 0.394 e.